The second-order valence-electron chi connectivity index (χ2n) is 4.86. The number of aliphatic hydroxyl groups excluding tert-OH is 1. The Morgan fingerprint density at radius 1 is 1.59 bits per heavy atom. The molecular weight excluding hydrogens is 238 g/mol. The molecular formula is C11H21N3O2S. The van der Waals surface area contributed by atoms with E-state index in [1.165, 1.54) is 0 Å². The van der Waals surface area contributed by atoms with Crippen LogP contribution in [0.4, 0.5) is 0 Å². The van der Waals surface area contributed by atoms with Crippen LogP contribution in [-0.4, -0.2) is 39.7 Å². The molecule has 1 atom stereocenters. The van der Waals surface area contributed by atoms with Crippen molar-refractivity contribution in [2.75, 3.05) is 19.7 Å². The van der Waals surface area contributed by atoms with E-state index in [-0.39, 0.29) is 12.0 Å². The molecule has 1 rings (SSSR count). The van der Waals surface area contributed by atoms with E-state index in [9.17, 15) is 5.11 Å². The third kappa shape index (κ3) is 5.95. The molecule has 0 spiro atoms. The van der Waals surface area contributed by atoms with Gasteiger partial charge in [0.2, 0.25) is 5.88 Å². The van der Waals surface area contributed by atoms with Gasteiger partial charge in [-0.15, -0.1) is 4.37 Å². The molecule has 1 heterocycles. The monoisotopic (exact) mass is 259 g/mol. The average Bonchev–Trinajstić information content (AvgIpc) is 2.79. The summed E-state index contributed by atoms with van der Waals surface area (Å²) in [7, 11) is 0. The average molecular weight is 259 g/mol. The molecule has 2 N–H and O–H groups in total. The molecule has 98 valence electrons. The molecule has 0 fully saturated rings. The number of nitrogens with zero attached hydrogens (tertiary/aromatic N) is 2. The second-order valence-corrected chi connectivity index (χ2v) is 5.42. The van der Waals surface area contributed by atoms with E-state index in [4.69, 9.17) is 4.74 Å². The predicted molar refractivity (Wildman–Crippen MR) is 68.4 cm³/mol. The van der Waals surface area contributed by atoms with E-state index in [1.54, 1.807) is 6.20 Å². The van der Waals surface area contributed by atoms with Crippen LogP contribution >= 0.6 is 11.7 Å². The Morgan fingerprint density at radius 3 is 2.94 bits per heavy atom. The van der Waals surface area contributed by atoms with Gasteiger partial charge < -0.3 is 15.2 Å². The summed E-state index contributed by atoms with van der Waals surface area (Å²) in [4.78, 5) is 0. The summed E-state index contributed by atoms with van der Waals surface area (Å²) >= 11 is 1.09. The Hall–Kier alpha value is -0.720. The largest absolute Gasteiger partial charge is 0.473 e. The molecule has 0 aliphatic heterocycles. The molecule has 0 aliphatic carbocycles. The second kappa shape index (κ2) is 6.88. The van der Waals surface area contributed by atoms with Gasteiger partial charge in [0.15, 0.2) is 0 Å². The Bertz CT molecular complexity index is 304. The molecule has 0 bridgehead atoms. The lowest BCUT2D eigenvalue weighted by Gasteiger charge is -2.23. The molecule has 0 radical (unpaired) electrons. The van der Waals surface area contributed by atoms with Gasteiger partial charge in [0.25, 0.3) is 0 Å². The Labute approximate surface area is 107 Å². The maximum Gasteiger partial charge on any atom is 0.245 e. The molecule has 1 unspecified atom stereocenters. The highest BCUT2D eigenvalue weighted by molar-refractivity contribution is 6.99. The van der Waals surface area contributed by atoms with Gasteiger partial charge in [-0.25, -0.2) is 0 Å². The van der Waals surface area contributed by atoms with Crippen LogP contribution in [0.5, 0.6) is 5.88 Å². The third-order valence-electron chi connectivity index (χ3n) is 2.71. The van der Waals surface area contributed by atoms with Gasteiger partial charge in [0.05, 0.1) is 11.7 Å². The van der Waals surface area contributed by atoms with Gasteiger partial charge in [-0.3, -0.25) is 0 Å². The van der Waals surface area contributed by atoms with E-state index < -0.39 is 6.10 Å². The summed E-state index contributed by atoms with van der Waals surface area (Å²) in [6, 6.07) is 0. The van der Waals surface area contributed by atoms with Crippen molar-refractivity contribution in [2.24, 2.45) is 5.41 Å². The zero-order chi connectivity index (χ0) is 12.7. The van der Waals surface area contributed by atoms with Crippen LogP contribution in [0.2, 0.25) is 0 Å². The lowest BCUT2D eigenvalue weighted by molar-refractivity contribution is 0.101. The normalized spacial score (nSPS) is 13.6. The Kier molecular flexibility index (Phi) is 5.80. The van der Waals surface area contributed by atoms with E-state index in [0.29, 0.717) is 12.4 Å². The molecule has 5 nitrogen and oxygen atoms in total. The van der Waals surface area contributed by atoms with Crippen molar-refractivity contribution in [2.45, 2.75) is 33.3 Å². The van der Waals surface area contributed by atoms with Crippen molar-refractivity contribution in [3.63, 3.8) is 0 Å². The topological polar surface area (TPSA) is 67.3 Å². The summed E-state index contributed by atoms with van der Waals surface area (Å²) in [5.74, 6) is 0.475. The van der Waals surface area contributed by atoms with Crippen molar-refractivity contribution >= 4 is 11.7 Å². The van der Waals surface area contributed by atoms with Gasteiger partial charge >= 0.3 is 0 Å². The highest BCUT2D eigenvalue weighted by Crippen LogP contribution is 2.17. The standard InChI is InChI=1S/C11H21N3O2S/c1-4-11(2,3)8-12-5-9(15)7-16-10-6-13-17-14-10/h6,9,12,15H,4-5,7-8H2,1-3H3. The minimum Gasteiger partial charge on any atom is -0.473 e. The summed E-state index contributed by atoms with van der Waals surface area (Å²) < 4.78 is 13.0. The first-order valence-corrected chi connectivity index (χ1v) is 6.55. The van der Waals surface area contributed by atoms with Gasteiger partial charge in [-0.1, -0.05) is 20.8 Å². The van der Waals surface area contributed by atoms with Crippen LogP contribution in [0.3, 0.4) is 0 Å². The van der Waals surface area contributed by atoms with E-state index >= 15 is 0 Å². The van der Waals surface area contributed by atoms with Crippen molar-refractivity contribution in [3.8, 4) is 5.88 Å². The van der Waals surface area contributed by atoms with E-state index in [2.05, 4.69) is 34.8 Å². The van der Waals surface area contributed by atoms with Crippen molar-refractivity contribution in [1.82, 2.24) is 14.1 Å². The van der Waals surface area contributed by atoms with Crippen molar-refractivity contribution in [1.29, 1.82) is 0 Å². The van der Waals surface area contributed by atoms with Crippen molar-refractivity contribution < 1.29 is 9.84 Å². The quantitative estimate of drug-likeness (QED) is 0.736. The molecule has 1 aromatic rings. The fourth-order valence-electron chi connectivity index (χ4n) is 1.16. The summed E-state index contributed by atoms with van der Waals surface area (Å²) in [5, 5.41) is 12.9. The van der Waals surface area contributed by atoms with E-state index in [0.717, 1.165) is 24.7 Å². The maximum absolute atomic E-state index is 9.69. The fraction of sp³-hybridized carbons (Fsp3) is 0.818. The lowest BCUT2D eigenvalue weighted by Crippen LogP contribution is -2.36. The van der Waals surface area contributed by atoms with Crippen LogP contribution < -0.4 is 10.1 Å². The minimum absolute atomic E-state index is 0.241. The molecule has 0 aliphatic rings. The molecule has 0 amide bonds. The van der Waals surface area contributed by atoms with Gasteiger partial charge in [0.1, 0.15) is 18.9 Å². The summed E-state index contributed by atoms with van der Waals surface area (Å²) in [5.41, 5.74) is 0.263. The zero-order valence-corrected chi connectivity index (χ0v) is 11.5. The number of aliphatic hydroxyl groups is 1. The summed E-state index contributed by atoms with van der Waals surface area (Å²) in [6.45, 7) is 8.22. The molecule has 6 heteroatoms. The molecule has 1 aromatic heterocycles. The molecule has 0 aromatic carbocycles. The first-order chi connectivity index (χ1) is 8.03. The van der Waals surface area contributed by atoms with Gasteiger partial charge in [0, 0.05) is 13.1 Å². The number of hydrogen-bond donors (Lipinski definition) is 2. The third-order valence-corrected chi connectivity index (χ3v) is 3.17. The Morgan fingerprint density at radius 2 is 2.35 bits per heavy atom. The smallest absolute Gasteiger partial charge is 0.245 e. The number of nitrogens with one attached hydrogen (secondary N) is 1. The van der Waals surface area contributed by atoms with Gasteiger partial charge in [-0.2, -0.15) is 4.37 Å². The van der Waals surface area contributed by atoms with Crippen LogP contribution in [0.25, 0.3) is 0 Å². The Balaban J connectivity index is 2.11. The number of ether oxygens (including phenoxy) is 1. The van der Waals surface area contributed by atoms with Crippen LogP contribution in [0.15, 0.2) is 6.20 Å². The van der Waals surface area contributed by atoms with E-state index in [1.807, 2.05) is 0 Å². The maximum atomic E-state index is 9.69. The highest BCUT2D eigenvalue weighted by atomic mass is 32.1. The number of hydrogen-bond acceptors (Lipinski definition) is 6. The van der Waals surface area contributed by atoms with Crippen molar-refractivity contribution in [3.05, 3.63) is 6.20 Å². The zero-order valence-electron chi connectivity index (χ0n) is 10.6. The number of rotatable bonds is 8. The molecule has 0 saturated heterocycles. The highest BCUT2D eigenvalue weighted by Gasteiger charge is 2.15. The van der Waals surface area contributed by atoms with Gasteiger partial charge in [-0.05, 0) is 11.8 Å². The number of aromatic nitrogens is 2. The molecule has 17 heavy (non-hydrogen) atoms. The van der Waals surface area contributed by atoms with Crippen LogP contribution in [0, 0.1) is 5.41 Å². The van der Waals surface area contributed by atoms with Crippen LogP contribution in [0.1, 0.15) is 27.2 Å². The first kappa shape index (κ1) is 14.3. The minimum atomic E-state index is -0.524. The van der Waals surface area contributed by atoms with Crippen LogP contribution in [-0.2, 0) is 0 Å². The SMILES string of the molecule is CCC(C)(C)CNCC(O)COc1cnsn1. The lowest BCUT2D eigenvalue weighted by atomic mass is 9.90. The fourth-order valence-corrected chi connectivity index (χ4v) is 1.53. The molecule has 0 saturated carbocycles. The predicted octanol–water partition coefficient (Wildman–Crippen LogP) is 1.30. The summed E-state index contributed by atoms with van der Waals surface area (Å²) in [6.07, 6.45) is 2.13. The first-order valence-electron chi connectivity index (χ1n) is 5.82.